The van der Waals surface area contributed by atoms with Crippen LogP contribution < -0.4 is 14.9 Å². The number of benzene rings is 2. The van der Waals surface area contributed by atoms with E-state index in [0.717, 1.165) is 11.6 Å². The van der Waals surface area contributed by atoms with Crippen molar-refractivity contribution < 1.29 is 37.0 Å². The summed E-state index contributed by atoms with van der Waals surface area (Å²) in [4.78, 5) is 23.3. The maximum absolute atomic E-state index is 13.6. The maximum Gasteiger partial charge on any atom is 0.453 e. The van der Waals surface area contributed by atoms with Crippen LogP contribution in [0.15, 0.2) is 45.6 Å². The molecule has 0 saturated heterocycles. The fourth-order valence-corrected chi connectivity index (χ4v) is 2.69. The summed E-state index contributed by atoms with van der Waals surface area (Å²) in [6.45, 7) is 2.76. The second-order valence-electron chi connectivity index (χ2n) is 6.30. The van der Waals surface area contributed by atoms with E-state index in [1.807, 2.05) is 6.92 Å². The Morgan fingerprint density at radius 2 is 1.86 bits per heavy atom. The van der Waals surface area contributed by atoms with Gasteiger partial charge in [-0.15, -0.1) is 0 Å². The summed E-state index contributed by atoms with van der Waals surface area (Å²) in [6.07, 6.45) is -5.00. The molecule has 0 radical (unpaired) electrons. The summed E-state index contributed by atoms with van der Waals surface area (Å²) in [5, 5.41) is 8.47. The van der Waals surface area contributed by atoms with Gasteiger partial charge in [0.1, 0.15) is 17.1 Å². The Labute approximate surface area is 162 Å². The van der Waals surface area contributed by atoms with Crippen LogP contribution in [0, 0.1) is 13.8 Å². The molecule has 1 heterocycles. The summed E-state index contributed by atoms with van der Waals surface area (Å²) >= 11 is 0. The van der Waals surface area contributed by atoms with E-state index in [-0.39, 0.29) is 16.9 Å². The third kappa shape index (κ3) is 4.34. The van der Waals surface area contributed by atoms with Gasteiger partial charge in [-0.1, -0.05) is 17.7 Å². The van der Waals surface area contributed by atoms with Crippen molar-refractivity contribution in [3.63, 3.8) is 0 Å². The average molecular weight is 408 g/mol. The van der Waals surface area contributed by atoms with Crippen LogP contribution in [0.5, 0.6) is 17.2 Å². The number of fused-ring (bicyclic) bond motifs is 1. The number of ether oxygens (including phenoxy) is 2. The van der Waals surface area contributed by atoms with Crippen molar-refractivity contribution in [2.45, 2.75) is 20.0 Å². The zero-order chi connectivity index (χ0) is 21.3. The molecule has 0 fully saturated rings. The number of alkyl halides is 3. The van der Waals surface area contributed by atoms with E-state index in [1.54, 1.807) is 19.1 Å². The quantitative estimate of drug-likeness (QED) is 0.660. The smallest absolute Gasteiger partial charge is 0.453 e. The lowest BCUT2D eigenvalue weighted by Gasteiger charge is -2.15. The highest BCUT2D eigenvalue weighted by molar-refractivity contribution is 5.80. The van der Waals surface area contributed by atoms with Crippen LogP contribution in [0.3, 0.4) is 0 Å². The largest absolute Gasteiger partial charge is 0.482 e. The number of aryl methyl sites for hydroxylation is 2. The molecule has 0 unspecified atom stereocenters. The minimum absolute atomic E-state index is 0.0563. The van der Waals surface area contributed by atoms with Crippen LogP contribution in [0.2, 0.25) is 0 Å². The molecule has 3 aromatic rings. The van der Waals surface area contributed by atoms with Crippen LogP contribution in [0.25, 0.3) is 11.0 Å². The molecule has 0 aliphatic rings. The summed E-state index contributed by atoms with van der Waals surface area (Å²) in [7, 11) is 0. The standard InChI is InChI=1S/C20H15F3O6/c1-10-3-6-14(11(2)7-10)28-18-17(26)13-5-4-12(27-9-16(24)25)8-15(13)29-19(18)20(21,22)23/h3-8H,9H2,1-2H3,(H,24,25). The molecule has 152 valence electrons. The predicted octanol–water partition coefficient (Wildman–Crippen LogP) is 4.68. The van der Waals surface area contributed by atoms with Gasteiger partial charge < -0.3 is 19.0 Å². The maximum atomic E-state index is 13.6. The van der Waals surface area contributed by atoms with Gasteiger partial charge >= 0.3 is 12.1 Å². The molecule has 6 nitrogen and oxygen atoms in total. The Morgan fingerprint density at radius 1 is 1.14 bits per heavy atom. The fraction of sp³-hybridized carbons (Fsp3) is 0.200. The van der Waals surface area contributed by atoms with Crippen molar-refractivity contribution in [2.24, 2.45) is 0 Å². The molecular weight excluding hydrogens is 393 g/mol. The predicted molar refractivity (Wildman–Crippen MR) is 96.6 cm³/mol. The minimum atomic E-state index is -5.00. The third-order valence-electron chi connectivity index (χ3n) is 3.98. The van der Waals surface area contributed by atoms with E-state index in [9.17, 15) is 22.8 Å². The van der Waals surface area contributed by atoms with E-state index >= 15 is 0 Å². The monoisotopic (exact) mass is 408 g/mol. The Morgan fingerprint density at radius 3 is 2.48 bits per heavy atom. The first-order valence-corrected chi connectivity index (χ1v) is 8.34. The van der Waals surface area contributed by atoms with E-state index in [1.165, 1.54) is 18.2 Å². The topological polar surface area (TPSA) is 86.0 Å². The molecule has 0 atom stereocenters. The van der Waals surface area contributed by atoms with Crippen molar-refractivity contribution in [2.75, 3.05) is 6.61 Å². The van der Waals surface area contributed by atoms with Crippen LogP contribution in [-0.2, 0) is 11.0 Å². The number of hydrogen-bond donors (Lipinski definition) is 1. The van der Waals surface area contributed by atoms with Crippen LogP contribution >= 0.6 is 0 Å². The van der Waals surface area contributed by atoms with Crippen LogP contribution in [0.4, 0.5) is 13.2 Å². The van der Waals surface area contributed by atoms with Gasteiger partial charge in [-0.2, -0.15) is 13.2 Å². The van der Waals surface area contributed by atoms with Gasteiger partial charge in [0.15, 0.2) is 6.61 Å². The lowest BCUT2D eigenvalue weighted by Crippen LogP contribution is -2.16. The summed E-state index contributed by atoms with van der Waals surface area (Å²) in [5.74, 6) is -3.80. The lowest BCUT2D eigenvalue weighted by atomic mass is 10.1. The van der Waals surface area contributed by atoms with Crippen molar-refractivity contribution in [3.8, 4) is 17.2 Å². The zero-order valence-electron chi connectivity index (χ0n) is 15.3. The van der Waals surface area contributed by atoms with Crippen molar-refractivity contribution in [1.82, 2.24) is 0 Å². The first-order chi connectivity index (χ1) is 13.6. The number of aliphatic carboxylic acids is 1. The molecule has 0 spiro atoms. The Kier molecular flexibility index (Phi) is 5.23. The normalized spacial score (nSPS) is 11.5. The Balaban J connectivity index is 2.15. The molecule has 9 heteroatoms. The van der Waals surface area contributed by atoms with Gasteiger partial charge in [0.05, 0.1) is 5.39 Å². The number of carbonyl (C=O) groups is 1. The van der Waals surface area contributed by atoms with Crippen LogP contribution in [-0.4, -0.2) is 17.7 Å². The second kappa shape index (κ2) is 7.50. The van der Waals surface area contributed by atoms with E-state index in [4.69, 9.17) is 19.0 Å². The highest BCUT2D eigenvalue weighted by atomic mass is 19.4. The van der Waals surface area contributed by atoms with E-state index in [2.05, 4.69) is 0 Å². The first kappa shape index (κ1) is 20.2. The SMILES string of the molecule is Cc1ccc(Oc2c(C(F)(F)F)oc3cc(OCC(=O)O)ccc3c2=O)c(C)c1. The highest BCUT2D eigenvalue weighted by Gasteiger charge is 2.40. The number of carboxylic acids is 1. The number of halogens is 3. The number of hydrogen-bond acceptors (Lipinski definition) is 5. The fourth-order valence-electron chi connectivity index (χ4n) is 2.69. The summed E-state index contributed by atoms with van der Waals surface area (Å²) in [5.41, 5.74) is 0.0156. The number of rotatable bonds is 5. The van der Waals surface area contributed by atoms with Gasteiger partial charge in [0.25, 0.3) is 5.76 Å². The van der Waals surface area contributed by atoms with Crippen LogP contribution in [0.1, 0.15) is 16.9 Å². The molecule has 3 rings (SSSR count). The zero-order valence-corrected chi connectivity index (χ0v) is 15.3. The lowest BCUT2D eigenvalue weighted by molar-refractivity contribution is -0.154. The Hall–Kier alpha value is -3.49. The molecule has 0 bridgehead atoms. The summed E-state index contributed by atoms with van der Waals surface area (Å²) in [6, 6.07) is 8.29. The highest BCUT2D eigenvalue weighted by Crippen LogP contribution is 2.39. The summed E-state index contributed by atoms with van der Waals surface area (Å²) < 4.78 is 55.9. The number of carboxylic acid groups (broad SMARTS) is 1. The Bertz CT molecular complexity index is 1150. The molecule has 1 aromatic heterocycles. The van der Waals surface area contributed by atoms with Crippen molar-refractivity contribution in [1.29, 1.82) is 0 Å². The minimum Gasteiger partial charge on any atom is -0.482 e. The molecule has 0 aliphatic carbocycles. The van der Waals surface area contributed by atoms with Crippen molar-refractivity contribution in [3.05, 3.63) is 63.5 Å². The van der Waals surface area contributed by atoms with E-state index < -0.39 is 41.3 Å². The van der Waals surface area contributed by atoms with Gasteiger partial charge in [-0.05, 0) is 37.6 Å². The molecule has 0 amide bonds. The molecule has 0 aliphatic heterocycles. The van der Waals surface area contributed by atoms with Crippen molar-refractivity contribution >= 4 is 16.9 Å². The first-order valence-electron chi connectivity index (χ1n) is 8.34. The third-order valence-corrected chi connectivity index (χ3v) is 3.98. The van der Waals surface area contributed by atoms with Gasteiger partial charge in [-0.3, -0.25) is 4.79 Å². The average Bonchev–Trinajstić information content (AvgIpc) is 2.63. The molecule has 0 saturated carbocycles. The molecular formula is C20H15F3O6. The second-order valence-corrected chi connectivity index (χ2v) is 6.30. The molecule has 29 heavy (non-hydrogen) atoms. The van der Waals surface area contributed by atoms with Gasteiger partial charge in [-0.25, -0.2) is 4.79 Å². The molecule has 1 N–H and O–H groups in total. The van der Waals surface area contributed by atoms with E-state index in [0.29, 0.717) is 5.56 Å². The molecule has 2 aromatic carbocycles. The van der Waals surface area contributed by atoms with Gasteiger partial charge in [0.2, 0.25) is 11.2 Å². The van der Waals surface area contributed by atoms with Gasteiger partial charge in [0, 0.05) is 6.07 Å².